The molecule has 168 valence electrons. The Morgan fingerprint density at radius 1 is 0.793 bits per heavy atom. The van der Waals surface area contributed by atoms with Gasteiger partial charge in [0.1, 0.15) is 0 Å². The van der Waals surface area contributed by atoms with Crippen molar-refractivity contribution < 1.29 is 27.3 Å². The Labute approximate surface area is 200 Å². The molecule has 0 atom stereocenters. The van der Waals surface area contributed by atoms with Gasteiger partial charge in [0, 0.05) is 6.42 Å². The molecule has 0 fully saturated rings. The van der Waals surface area contributed by atoms with Crippen LogP contribution in [0.25, 0.3) is 0 Å². The molecular formula is C21H41NaO6S. The molecule has 0 aliphatic heterocycles. The van der Waals surface area contributed by atoms with Gasteiger partial charge < -0.3 is 4.74 Å². The van der Waals surface area contributed by atoms with Crippen LogP contribution in [0.5, 0.6) is 0 Å². The van der Waals surface area contributed by atoms with E-state index in [0.29, 0.717) is 6.42 Å². The van der Waals surface area contributed by atoms with E-state index in [4.69, 9.17) is 9.29 Å². The van der Waals surface area contributed by atoms with Crippen LogP contribution in [0.3, 0.4) is 0 Å². The molecule has 0 unspecified atom stereocenters. The molecule has 0 heterocycles. The van der Waals surface area contributed by atoms with Crippen molar-refractivity contribution >= 4 is 51.4 Å². The molecule has 0 rings (SSSR count). The summed E-state index contributed by atoms with van der Waals surface area (Å²) in [5, 5.41) is 0. The van der Waals surface area contributed by atoms with Crippen molar-refractivity contribution in [3.63, 3.8) is 0 Å². The first-order chi connectivity index (χ1) is 13.2. The van der Waals surface area contributed by atoms with Crippen LogP contribution < -0.4 is 0 Å². The zero-order valence-electron chi connectivity index (χ0n) is 17.8. The molecule has 0 spiro atoms. The standard InChI is InChI=1S/C21H40O6S.Na.H/c1-19(2)15-12-10-8-6-4-3-5-7-9-11-13-16-20(22)21(23)27-17-14-18-28(24,25)26;;/h19H,3-18H2,1-2H3,(H,24,25,26);;. The first-order valence-corrected chi connectivity index (χ1v) is 12.5. The maximum absolute atomic E-state index is 11.6. The monoisotopic (exact) mass is 444 g/mol. The minimum atomic E-state index is -4.06. The van der Waals surface area contributed by atoms with Crippen molar-refractivity contribution in [3.8, 4) is 0 Å². The van der Waals surface area contributed by atoms with Crippen molar-refractivity contribution in [2.24, 2.45) is 5.92 Å². The van der Waals surface area contributed by atoms with Crippen LogP contribution >= 0.6 is 0 Å². The third-order valence-corrected chi connectivity index (χ3v) is 5.50. The van der Waals surface area contributed by atoms with Gasteiger partial charge >= 0.3 is 35.5 Å². The van der Waals surface area contributed by atoms with Gasteiger partial charge in [-0.15, -0.1) is 0 Å². The number of ketones is 1. The summed E-state index contributed by atoms with van der Waals surface area (Å²) in [6.45, 7) is 4.37. The van der Waals surface area contributed by atoms with E-state index in [2.05, 4.69) is 13.8 Å². The number of carbonyl (C=O) groups excluding carboxylic acids is 2. The molecule has 0 aliphatic rings. The summed E-state index contributed by atoms with van der Waals surface area (Å²) in [5.41, 5.74) is 0. The fourth-order valence-electron chi connectivity index (χ4n) is 3.02. The Kier molecular flexibility index (Phi) is 21.5. The summed E-state index contributed by atoms with van der Waals surface area (Å²) >= 11 is 0. The molecule has 29 heavy (non-hydrogen) atoms. The molecule has 0 aliphatic carbocycles. The molecule has 0 saturated heterocycles. The molecule has 0 amide bonds. The summed E-state index contributed by atoms with van der Waals surface area (Å²) in [5.74, 6) is -1.14. The average molecular weight is 445 g/mol. The number of Topliss-reactive ketones (excluding diaryl/α,β-unsaturated/α-hetero) is 1. The van der Waals surface area contributed by atoms with E-state index in [1.165, 1.54) is 57.8 Å². The Bertz CT molecular complexity index is 519. The zero-order valence-corrected chi connectivity index (χ0v) is 18.6. The van der Waals surface area contributed by atoms with Gasteiger partial charge in [-0.3, -0.25) is 9.35 Å². The van der Waals surface area contributed by atoms with Gasteiger partial charge in [0.05, 0.1) is 12.4 Å². The van der Waals surface area contributed by atoms with Crippen molar-refractivity contribution in [2.75, 3.05) is 12.4 Å². The van der Waals surface area contributed by atoms with E-state index in [1.807, 2.05) is 0 Å². The van der Waals surface area contributed by atoms with Gasteiger partial charge in [-0.25, -0.2) is 4.79 Å². The predicted molar refractivity (Wildman–Crippen MR) is 119 cm³/mol. The third kappa shape index (κ3) is 24.2. The van der Waals surface area contributed by atoms with E-state index < -0.39 is 27.6 Å². The quantitative estimate of drug-likeness (QED) is 0.104. The van der Waals surface area contributed by atoms with E-state index >= 15 is 0 Å². The molecule has 0 saturated carbocycles. The third-order valence-electron chi connectivity index (χ3n) is 4.69. The molecule has 1 N–H and O–H groups in total. The summed E-state index contributed by atoms with van der Waals surface area (Å²) in [7, 11) is -4.06. The van der Waals surface area contributed by atoms with Gasteiger partial charge in [0.15, 0.2) is 0 Å². The molecule has 8 heteroatoms. The number of carbonyl (C=O) groups is 2. The van der Waals surface area contributed by atoms with Crippen LogP contribution in [-0.2, 0) is 24.4 Å². The summed E-state index contributed by atoms with van der Waals surface area (Å²) < 4.78 is 34.3. The summed E-state index contributed by atoms with van der Waals surface area (Å²) in [4.78, 5) is 23.1. The second-order valence-corrected chi connectivity index (χ2v) is 9.59. The number of unbranched alkanes of at least 4 members (excludes halogenated alkanes) is 10. The number of rotatable bonds is 19. The number of ether oxygens (including phenoxy) is 1. The second kappa shape index (κ2) is 20.0. The first kappa shape index (κ1) is 31.2. The van der Waals surface area contributed by atoms with Crippen molar-refractivity contribution in [1.82, 2.24) is 0 Å². The van der Waals surface area contributed by atoms with Crippen LogP contribution in [0.2, 0.25) is 0 Å². The maximum atomic E-state index is 11.6. The molecule has 0 radical (unpaired) electrons. The predicted octanol–water partition coefficient (Wildman–Crippen LogP) is 4.46. The molecule has 0 aromatic rings. The van der Waals surface area contributed by atoms with E-state index in [0.717, 1.165) is 18.8 Å². The van der Waals surface area contributed by atoms with Crippen LogP contribution in [0.4, 0.5) is 0 Å². The van der Waals surface area contributed by atoms with Crippen molar-refractivity contribution in [1.29, 1.82) is 0 Å². The Hall–Kier alpha value is 0.0500. The van der Waals surface area contributed by atoms with Crippen LogP contribution in [0, 0.1) is 5.92 Å². The molecule has 0 aromatic heterocycles. The van der Waals surface area contributed by atoms with Crippen LogP contribution in [-0.4, -0.2) is 66.6 Å². The topological polar surface area (TPSA) is 97.7 Å². The van der Waals surface area contributed by atoms with Gasteiger partial charge in [-0.2, -0.15) is 8.42 Å². The SMILES string of the molecule is CC(C)CCCCCCCCCCCCCC(=O)C(=O)OCCCS(=O)(=O)O.[NaH]. The van der Waals surface area contributed by atoms with Gasteiger partial charge in [-0.05, 0) is 18.8 Å². The fourth-order valence-corrected chi connectivity index (χ4v) is 3.50. The zero-order chi connectivity index (χ0) is 21.3. The van der Waals surface area contributed by atoms with Gasteiger partial charge in [0.2, 0.25) is 5.78 Å². The van der Waals surface area contributed by atoms with E-state index in [9.17, 15) is 18.0 Å². The van der Waals surface area contributed by atoms with Crippen LogP contribution in [0.1, 0.15) is 104 Å². The molecular weight excluding hydrogens is 403 g/mol. The number of hydrogen-bond donors (Lipinski definition) is 1. The number of esters is 1. The van der Waals surface area contributed by atoms with Crippen LogP contribution in [0.15, 0.2) is 0 Å². The van der Waals surface area contributed by atoms with Gasteiger partial charge in [0.25, 0.3) is 10.1 Å². The van der Waals surface area contributed by atoms with Gasteiger partial charge in [-0.1, -0.05) is 84.5 Å². The molecule has 6 nitrogen and oxygen atoms in total. The summed E-state index contributed by atoms with van der Waals surface area (Å²) in [6, 6.07) is 0. The van der Waals surface area contributed by atoms with Crippen molar-refractivity contribution in [2.45, 2.75) is 104 Å². The van der Waals surface area contributed by atoms with E-state index in [1.54, 1.807) is 0 Å². The minimum absolute atomic E-state index is 0. The first-order valence-electron chi connectivity index (χ1n) is 10.9. The molecule has 0 bridgehead atoms. The average Bonchev–Trinajstić information content (AvgIpc) is 2.61. The Morgan fingerprint density at radius 3 is 1.69 bits per heavy atom. The normalized spacial score (nSPS) is 11.3. The molecule has 0 aromatic carbocycles. The fraction of sp³-hybridized carbons (Fsp3) is 0.905. The van der Waals surface area contributed by atoms with E-state index in [-0.39, 0.29) is 49.0 Å². The Morgan fingerprint density at radius 2 is 1.24 bits per heavy atom. The summed E-state index contributed by atoms with van der Waals surface area (Å²) in [6.07, 6.45) is 14.6. The second-order valence-electron chi connectivity index (χ2n) is 8.02. The number of hydrogen-bond acceptors (Lipinski definition) is 5. The Balaban J connectivity index is 0. The van der Waals surface area contributed by atoms with Crippen molar-refractivity contribution in [3.05, 3.63) is 0 Å².